The SMILES string of the molecule is CNCC(N)Cc1ccc2c(c1)OCO2. The summed E-state index contributed by atoms with van der Waals surface area (Å²) in [6, 6.07) is 6.10. The molecule has 0 spiro atoms. The molecule has 1 heterocycles. The van der Waals surface area contributed by atoms with E-state index in [0.29, 0.717) is 6.79 Å². The number of hydrogen-bond donors (Lipinski definition) is 2. The molecule has 0 radical (unpaired) electrons. The van der Waals surface area contributed by atoms with Gasteiger partial charge in [-0.2, -0.15) is 0 Å². The molecule has 1 aromatic rings. The maximum atomic E-state index is 5.93. The maximum Gasteiger partial charge on any atom is 0.231 e. The molecule has 0 aromatic heterocycles. The summed E-state index contributed by atoms with van der Waals surface area (Å²) in [7, 11) is 1.90. The normalized spacial score (nSPS) is 15.3. The third-order valence-electron chi connectivity index (χ3n) is 2.40. The van der Waals surface area contributed by atoms with E-state index in [-0.39, 0.29) is 6.04 Å². The van der Waals surface area contributed by atoms with Crippen molar-refractivity contribution in [1.29, 1.82) is 0 Å². The van der Waals surface area contributed by atoms with Gasteiger partial charge in [0.05, 0.1) is 0 Å². The lowest BCUT2D eigenvalue weighted by atomic mass is 10.1. The summed E-state index contributed by atoms with van der Waals surface area (Å²) in [5, 5.41) is 3.06. The second-order valence-electron chi connectivity index (χ2n) is 3.71. The first kappa shape index (κ1) is 10.3. The van der Waals surface area contributed by atoms with Crippen molar-refractivity contribution in [3.05, 3.63) is 23.8 Å². The molecule has 0 aliphatic carbocycles. The zero-order valence-corrected chi connectivity index (χ0v) is 8.82. The summed E-state index contributed by atoms with van der Waals surface area (Å²) in [5.41, 5.74) is 7.11. The average Bonchev–Trinajstić information content (AvgIpc) is 2.65. The molecule has 1 atom stereocenters. The Hall–Kier alpha value is -1.26. The number of nitrogens with two attached hydrogens (primary N) is 1. The first-order valence-corrected chi connectivity index (χ1v) is 5.08. The van der Waals surface area contributed by atoms with E-state index in [1.54, 1.807) is 0 Å². The first-order valence-electron chi connectivity index (χ1n) is 5.08. The van der Waals surface area contributed by atoms with Gasteiger partial charge in [-0.15, -0.1) is 0 Å². The summed E-state index contributed by atoms with van der Waals surface area (Å²) in [4.78, 5) is 0. The minimum atomic E-state index is 0.135. The maximum absolute atomic E-state index is 5.93. The molecular weight excluding hydrogens is 192 g/mol. The van der Waals surface area contributed by atoms with Crippen molar-refractivity contribution in [2.75, 3.05) is 20.4 Å². The summed E-state index contributed by atoms with van der Waals surface area (Å²) >= 11 is 0. The number of rotatable bonds is 4. The van der Waals surface area contributed by atoms with E-state index in [0.717, 1.165) is 24.5 Å². The highest BCUT2D eigenvalue weighted by atomic mass is 16.7. The Morgan fingerprint density at radius 2 is 2.20 bits per heavy atom. The van der Waals surface area contributed by atoms with Crippen LogP contribution in [0.1, 0.15) is 5.56 Å². The fourth-order valence-corrected chi connectivity index (χ4v) is 1.71. The van der Waals surface area contributed by atoms with E-state index in [4.69, 9.17) is 15.2 Å². The van der Waals surface area contributed by atoms with Crippen LogP contribution >= 0.6 is 0 Å². The molecule has 0 saturated heterocycles. The van der Waals surface area contributed by atoms with Gasteiger partial charge in [-0.3, -0.25) is 0 Å². The summed E-state index contributed by atoms with van der Waals surface area (Å²) in [6.45, 7) is 1.13. The Kier molecular flexibility index (Phi) is 3.08. The molecule has 15 heavy (non-hydrogen) atoms. The van der Waals surface area contributed by atoms with Crippen LogP contribution in [0.3, 0.4) is 0 Å². The second kappa shape index (κ2) is 4.51. The van der Waals surface area contributed by atoms with Crippen molar-refractivity contribution < 1.29 is 9.47 Å². The summed E-state index contributed by atoms with van der Waals surface area (Å²) in [6.07, 6.45) is 0.845. The Labute approximate surface area is 89.4 Å². The van der Waals surface area contributed by atoms with Crippen LogP contribution in [0, 0.1) is 0 Å². The Morgan fingerprint density at radius 3 is 3.00 bits per heavy atom. The van der Waals surface area contributed by atoms with E-state index in [1.807, 2.05) is 25.2 Å². The molecule has 82 valence electrons. The van der Waals surface area contributed by atoms with E-state index >= 15 is 0 Å². The van der Waals surface area contributed by atoms with Gasteiger partial charge in [0.25, 0.3) is 0 Å². The fourth-order valence-electron chi connectivity index (χ4n) is 1.71. The number of likely N-dealkylation sites (N-methyl/N-ethyl adjacent to an activating group) is 1. The van der Waals surface area contributed by atoms with Gasteiger partial charge in [-0.25, -0.2) is 0 Å². The minimum absolute atomic E-state index is 0.135. The highest BCUT2D eigenvalue weighted by Crippen LogP contribution is 2.32. The lowest BCUT2D eigenvalue weighted by molar-refractivity contribution is 0.174. The molecule has 4 heteroatoms. The lowest BCUT2D eigenvalue weighted by Gasteiger charge is -2.10. The molecule has 1 unspecified atom stereocenters. The van der Waals surface area contributed by atoms with Gasteiger partial charge >= 0.3 is 0 Å². The topological polar surface area (TPSA) is 56.5 Å². The highest BCUT2D eigenvalue weighted by Gasteiger charge is 2.13. The molecule has 1 aliphatic heterocycles. The van der Waals surface area contributed by atoms with Crippen molar-refractivity contribution >= 4 is 0 Å². The Bertz CT molecular complexity index is 341. The highest BCUT2D eigenvalue weighted by molar-refractivity contribution is 5.44. The van der Waals surface area contributed by atoms with Crippen molar-refractivity contribution in [3.63, 3.8) is 0 Å². The number of benzene rings is 1. The standard InChI is InChI=1S/C11H16N2O2/c1-13-6-9(12)4-8-2-3-10-11(5-8)15-7-14-10/h2-3,5,9,13H,4,6-7,12H2,1H3. The van der Waals surface area contributed by atoms with Crippen LogP contribution in [0.2, 0.25) is 0 Å². The monoisotopic (exact) mass is 208 g/mol. The quantitative estimate of drug-likeness (QED) is 0.756. The third-order valence-corrected chi connectivity index (χ3v) is 2.40. The van der Waals surface area contributed by atoms with Crippen molar-refractivity contribution in [2.24, 2.45) is 5.73 Å². The first-order chi connectivity index (χ1) is 7.29. The molecule has 1 aromatic carbocycles. The molecule has 2 rings (SSSR count). The molecule has 0 bridgehead atoms. The molecule has 0 saturated carbocycles. The Balaban J connectivity index is 2.03. The molecule has 1 aliphatic rings. The number of ether oxygens (including phenoxy) is 2. The smallest absolute Gasteiger partial charge is 0.231 e. The number of nitrogens with one attached hydrogen (secondary N) is 1. The zero-order valence-electron chi connectivity index (χ0n) is 8.82. The van der Waals surface area contributed by atoms with Gasteiger partial charge in [0.15, 0.2) is 11.5 Å². The van der Waals surface area contributed by atoms with Crippen molar-refractivity contribution in [3.8, 4) is 11.5 Å². The zero-order chi connectivity index (χ0) is 10.7. The van der Waals surface area contributed by atoms with Gasteiger partial charge in [0.1, 0.15) is 0 Å². The van der Waals surface area contributed by atoms with Gasteiger partial charge in [0.2, 0.25) is 6.79 Å². The van der Waals surface area contributed by atoms with Crippen LogP contribution in [-0.2, 0) is 6.42 Å². The van der Waals surface area contributed by atoms with Gasteiger partial charge in [0, 0.05) is 12.6 Å². The molecule has 0 fully saturated rings. The summed E-state index contributed by atoms with van der Waals surface area (Å²) < 4.78 is 10.5. The van der Waals surface area contributed by atoms with Crippen LogP contribution in [0.15, 0.2) is 18.2 Å². The molecule has 0 amide bonds. The van der Waals surface area contributed by atoms with Gasteiger partial charge < -0.3 is 20.5 Å². The van der Waals surface area contributed by atoms with Crippen LogP contribution < -0.4 is 20.5 Å². The van der Waals surface area contributed by atoms with Crippen LogP contribution in [-0.4, -0.2) is 26.4 Å². The van der Waals surface area contributed by atoms with Crippen molar-refractivity contribution in [1.82, 2.24) is 5.32 Å². The number of hydrogen-bond acceptors (Lipinski definition) is 4. The average molecular weight is 208 g/mol. The van der Waals surface area contributed by atoms with Crippen LogP contribution in [0.5, 0.6) is 11.5 Å². The summed E-state index contributed by atoms with van der Waals surface area (Å²) in [5.74, 6) is 1.64. The van der Waals surface area contributed by atoms with E-state index in [2.05, 4.69) is 5.32 Å². The van der Waals surface area contributed by atoms with E-state index in [9.17, 15) is 0 Å². The lowest BCUT2D eigenvalue weighted by Crippen LogP contribution is -2.33. The van der Waals surface area contributed by atoms with Gasteiger partial charge in [-0.05, 0) is 31.2 Å². The molecular formula is C11H16N2O2. The number of fused-ring (bicyclic) bond motifs is 1. The van der Waals surface area contributed by atoms with Crippen LogP contribution in [0.4, 0.5) is 0 Å². The molecule has 4 nitrogen and oxygen atoms in total. The Morgan fingerprint density at radius 1 is 1.40 bits per heavy atom. The predicted octanol–water partition coefficient (Wildman–Crippen LogP) is 0.504. The predicted molar refractivity (Wildman–Crippen MR) is 58.2 cm³/mol. The largest absolute Gasteiger partial charge is 0.454 e. The minimum Gasteiger partial charge on any atom is -0.454 e. The van der Waals surface area contributed by atoms with E-state index in [1.165, 1.54) is 5.56 Å². The molecule has 3 N–H and O–H groups in total. The van der Waals surface area contributed by atoms with Gasteiger partial charge in [-0.1, -0.05) is 6.07 Å². The second-order valence-corrected chi connectivity index (χ2v) is 3.71. The fraction of sp³-hybridized carbons (Fsp3) is 0.455. The van der Waals surface area contributed by atoms with E-state index < -0.39 is 0 Å². The van der Waals surface area contributed by atoms with Crippen molar-refractivity contribution in [2.45, 2.75) is 12.5 Å². The third kappa shape index (κ3) is 2.40. The van der Waals surface area contributed by atoms with Crippen LogP contribution in [0.25, 0.3) is 0 Å².